The van der Waals surface area contributed by atoms with Gasteiger partial charge in [0.05, 0.1) is 17.6 Å². The largest absolute Gasteiger partial charge is 0.347 e. The maximum Gasteiger partial charge on any atom is 0.275 e. The highest BCUT2D eigenvalue weighted by molar-refractivity contribution is 5.81. The average Bonchev–Trinajstić information content (AvgIpc) is 2.63. The third-order valence-electron chi connectivity index (χ3n) is 5.15. The second-order valence-electron chi connectivity index (χ2n) is 6.84. The van der Waals surface area contributed by atoms with Crippen molar-refractivity contribution < 1.29 is 4.79 Å². The van der Waals surface area contributed by atoms with E-state index < -0.39 is 0 Å². The zero-order chi connectivity index (χ0) is 17.9. The number of amides is 1. The summed E-state index contributed by atoms with van der Waals surface area (Å²) in [5.74, 6) is 0.276. The van der Waals surface area contributed by atoms with Crippen molar-refractivity contribution in [2.75, 3.05) is 0 Å². The summed E-state index contributed by atoms with van der Waals surface area (Å²) in [7, 11) is 0. The normalized spacial score (nSPS) is 15.4. The average molecular weight is 347 g/mol. The molecule has 0 bridgehead atoms. The van der Waals surface area contributed by atoms with Gasteiger partial charge in [0.2, 0.25) is 5.91 Å². The van der Waals surface area contributed by atoms with Gasteiger partial charge in [0, 0.05) is 5.39 Å². The molecule has 132 valence electrons. The van der Waals surface area contributed by atoms with Gasteiger partial charge in [0.15, 0.2) is 0 Å². The summed E-state index contributed by atoms with van der Waals surface area (Å²) >= 11 is 0. The molecular formula is C21H21N3O2. The molecule has 1 N–H and O–H groups in total. The van der Waals surface area contributed by atoms with E-state index in [2.05, 4.69) is 10.4 Å². The van der Waals surface area contributed by atoms with E-state index in [0.717, 1.165) is 23.8 Å². The first-order valence-corrected chi connectivity index (χ1v) is 9.01. The van der Waals surface area contributed by atoms with Gasteiger partial charge >= 0.3 is 0 Å². The Hall–Kier alpha value is -2.95. The summed E-state index contributed by atoms with van der Waals surface area (Å²) < 4.78 is 1.24. The topological polar surface area (TPSA) is 64.0 Å². The van der Waals surface area contributed by atoms with Gasteiger partial charge in [0.25, 0.3) is 5.56 Å². The first-order valence-electron chi connectivity index (χ1n) is 9.01. The van der Waals surface area contributed by atoms with Crippen LogP contribution in [0.3, 0.4) is 0 Å². The molecule has 4 rings (SSSR count). The number of carbonyl (C=O) groups excluding carboxylic acids is 1. The van der Waals surface area contributed by atoms with E-state index in [1.165, 1.54) is 11.1 Å². The Bertz CT molecular complexity index is 977. The van der Waals surface area contributed by atoms with E-state index in [9.17, 15) is 9.59 Å². The van der Waals surface area contributed by atoms with E-state index in [1.54, 1.807) is 12.3 Å². The number of benzene rings is 2. The zero-order valence-electron chi connectivity index (χ0n) is 14.5. The molecule has 1 saturated carbocycles. The summed E-state index contributed by atoms with van der Waals surface area (Å²) in [6, 6.07) is 17.3. The number of hydrogen-bond acceptors (Lipinski definition) is 3. The van der Waals surface area contributed by atoms with Crippen molar-refractivity contribution in [2.45, 2.75) is 31.8 Å². The summed E-state index contributed by atoms with van der Waals surface area (Å²) in [5, 5.41) is 8.63. The highest BCUT2D eigenvalue weighted by atomic mass is 16.2. The van der Waals surface area contributed by atoms with Crippen LogP contribution in [0.25, 0.3) is 10.8 Å². The quantitative estimate of drug-likeness (QED) is 0.771. The summed E-state index contributed by atoms with van der Waals surface area (Å²) in [5.41, 5.74) is 0.877. The van der Waals surface area contributed by atoms with Crippen LogP contribution in [0.15, 0.2) is 65.6 Å². The van der Waals surface area contributed by atoms with Crippen molar-refractivity contribution in [1.29, 1.82) is 0 Å². The molecule has 0 aliphatic heterocycles. The molecule has 0 spiro atoms. The van der Waals surface area contributed by atoms with Crippen molar-refractivity contribution in [1.82, 2.24) is 15.1 Å². The fraction of sp³-hybridized carbons (Fsp3) is 0.286. The number of rotatable bonds is 5. The Labute approximate surface area is 151 Å². The Morgan fingerprint density at radius 3 is 2.58 bits per heavy atom. The lowest BCUT2D eigenvalue weighted by atomic mass is 9.77. The summed E-state index contributed by atoms with van der Waals surface area (Å²) in [6.45, 7) is -0.0697. The van der Waals surface area contributed by atoms with Crippen LogP contribution in [-0.2, 0) is 11.3 Å². The van der Waals surface area contributed by atoms with Gasteiger partial charge in [-0.15, -0.1) is 0 Å². The van der Waals surface area contributed by atoms with Crippen LogP contribution in [0.1, 0.15) is 30.9 Å². The van der Waals surface area contributed by atoms with Crippen LogP contribution in [0.4, 0.5) is 0 Å². The molecule has 1 fully saturated rings. The minimum absolute atomic E-state index is 0.00592. The summed E-state index contributed by atoms with van der Waals surface area (Å²) in [4.78, 5) is 25.2. The van der Waals surface area contributed by atoms with Gasteiger partial charge < -0.3 is 5.32 Å². The maximum atomic E-state index is 12.6. The molecule has 1 aliphatic rings. The van der Waals surface area contributed by atoms with Crippen LogP contribution in [0.5, 0.6) is 0 Å². The third kappa shape index (κ3) is 3.25. The fourth-order valence-corrected chi connectivity index (χ4v) is 3.50. The fourth-order valence-electron chi connectivity index (χ4n) is 3.50. The van der Waals surface area contributed by atoms with Crippen molar-refractivity contribution >= 4 is 16.7 Å². The first kappa shape index (κ1) is 16.5. The molecular weight excluding hydrogens is 326 g/mol. The first-order chi connectivity index (χ1) is 12.7. The van der Waals surface area contributed by atoms with Gasteiger partial charge in [-0.3, -0.25) is 9.59 Å². The molecule has 5 nitrogen and oxygen atoms in total. The van der Waals surface area contributed by atoms with Gasteiger partial charge in [-0.25, -0.2) is 4.68 Å². The number of carbonyl (C=O) groups is 1. The van der Waals surface area contributed by atoms with Gasteiger partial charge in [0.1, 0.15) is 6.54 Å². The Morgan fingerprint density at radius 2 is 1.85 bits per heavy atom. The Morgan fingerprint density at radius 1 is 1.12 bits per heavy atom. The van der Waals surface area contributed by atoms with Crippen LogP contribution in [0.2, 0.25) is 0 Å². The molecule has 1 aromatic heterocycles. The van der Waals surface area contributed by atoms with Crippen LogP contribution in [0, 0.1) is 5.92 Å². The van der Waals surface area contributed by atoms with Gasteiger partial charge in [-0.2, -0.15) is 5.10 Å². The predicted octanol–water partition coefficient (Wildman–Crippen LogP) is 3.05. The standard InChI is InChI=1S/C21H21N3O2/c25-19(14-24-21(26)18-12-5-4-9-17(18)13-22-24)23-20(16-10-6-11-16)15-7-2-1-3-8-15/h1-5,7-9,12-13,16,20H,6,10-11,14H2,(H,23,25)/t20-/m0/s1. The highest BCUT2D eigenvalue weighted by Crippen LogP contribution is 2.37. The smallest absolute Gasteiger partial charge is 0.275 e. The molecule has 0 saturated heterocycles. The molecule has 0 unspecified atom stereocenters. The molecule has 1 atom stereocenters. The van der Waals surface area contributed by atoms with Gasteiger partial charge in [-0.05, 0) is 30.4 Å². The minimum Gasteiger partial charge on any atom is -0.347 e. The lowest BCUT2D eigenvalue weighted by Gasteiger charge is -2.34. The van der Waals surface area contributed by atoms with E-state index >= 15 is 0 Å². The number of hydrogen-bond donors (Lipinski definition) is 1. The van der Waals surface area contributed by atoms with Crippen LogP contribution in [-0.4, -0.2) is 15.7 Å². The van der Waals surface area contributed by atoms with E-state index in [-0.39, 0.29) is 24.1 Å². The lowest BCUT2D eigenvalue weighted by molar-refractivity contribution is -0.123. The number of nitrogens with zero attached hydrogens (tertiary/aromatic N) is 2. The van der Waals surface area contributed by atoms with Crippen LogP contribution >= 0.6 is 0 Å². The van der Waals surface area contributed by atoms with Crippen molar-refractivity contribution in [3.63, 3.8) is 0 Å². The molecule has 0 radical (unpaired) electrons. The Balaban J connectivity index is 1.54. The molecule has 1 amide bonds. The van der Waals surface area contributed by atoms with E-state index in [0.29, 0.717) is 11.3 Å². The SMILES string of the molecule is O=C(Cn1ncc2ccccc2c1=O)N[C@@H](c1ccccc1)C1CCC1. The zero-order valence-corrected chi connectivity index (χ0v) is 14.5. The summed E-state index contributed by atoms with van der Waals surface area (Å²) in [6.07, 6.45) is 5.07. The van der Waals surface area contributed by atoms with E-state index in [1.807, 2.05) is 48.5 Å². The predicted molar refractivity (Wildman–Crippen MR) is 101 cm³/mol. The van der Waals surface area contributed by atoms with Crippen molar-refractivity contribution in [2.24, 2.45) is 5.92 Å². The third-order valence-corrected chi connectivity index (χ3v) is 5.15. The van der Waals surface area contributed by atoms with Gasteiger partial charge in [-0.1, -0.05) is 55.0 Å². The lowest BCUT2D eigenvalue weighted by Crippen LogP contribution is -2.39. The maximum absolute atomic E-state index is 12.6. The molecule has 2 aromatic carbocycles. The molecule has 1 aliphatic carbocycles. The van der Waals surface area contributed by atoms with Crippen molar-refractivity contribution in [3.05, 3.63) is 76.7 Å². The molecule has 1 heterocycles. The monoisotopic (exact) mass is 347 g/mol. The number of nitrogens with one attached hydrogen (secondary N) is 1. The van der Waals surface area contributed by atoms with Crippen molar-refractivity contribution in [3.8, 4) is 0 Å². The highest BCUT2D eigenvalue weighted by Gasteiger charge is 2.29. The number of fused-ring (bicyclic) bond motifs is 1. The number of aromatic nitrogens is 2. The van der Waals surface area contributed by atoms with E-state index in [4.69, 9.17) is 0 Å². The second-order valence-corrected chi connectivity index (χ2v) is 6.84. The molecule has 26 heavy (non-hydrogen) atoms. The molecule has 3 aromatic rings. The Kier molecular flexibility index (Phi) is 4.52. The van der Waals surface area contributed by atoms with Crippen LogP contribution < -0.4 is 10.9 Å². The molecule has 5 heteroatoms. The second kappa shape index (κ2) is 7.12. The minimum atomic E-state index is -0.238.